The first-order valence-electron chi connectivity index (χ1n) is 4.58. The lowest BCUT2D eigenvalue weighted by molar-refractivity contribution is 0.0636. The third-order valence-electron chi connectivity index (χ3n) is 1.48. The molecule has 1 aromatic heterocycles. The van der Waals surface area contributed by atoms with Gasteiger partial charge in [0, 0.05) is 12.4 Å². The summed E-state index contributed by atoms with van der Waals surface area (Å²) >= 11 is 7.95. The van der Waals surface area contributed by atoms with Gasteiger partial charge in [0.25, 0.3) is 0 Å². The van der Waals surface area contributed by atoms with Gasteiger partial charge in [-0.1, -0.05) is 11.6 Å². The molecule has 0 unspecified atom stereocenters. The maximum atomic E-state index is 11.5. The summed E-state index contributed by atoms with van der Waals surface area (Å²) in [6, 6.07) is 0. The van der Waals surface area contributed by atoms with Crippen LogP contribution in [0.2, 0.25) is 5.02 Å². The van der Waals surface area contributed by atoms with Crippen molar-refractivity contribution in [2.75, 3.05) is 5.32 Å². The Bertz CT molecular complexity index is 384. The number of amides is 1. The second-order valence-electron chi connectivity index (χ2n) is 4.11. The second kappa shape index (κ2) is 5.18. The maximum Gasteiger partial charge on any atom is 0.412 e. The Morgan fingerprint density at radius 1 is 1.50 bits per heavy atom. The van der Waals surface area contributed by atoms with Crippen LogP contribution in [0, 0.1) is 3.57 Å². The van der Waals surface area contributed by atoms with Crippen LogP contribution in [0.1, 0.15) is 20.8 Å². The molecule has 1 N–H and O–H groups in total. The molecule has 0 atom stereocenters. The van der Waals surface area contributed by atoms with Crippen molar-refractivity contribution >= 4 is 46.0 Å². The van der Waals surface area contributed by atoms with E-state index in [0.29, 0.717) is 10.7 Å². The first kappa shape index (κ1) is 13.5. The number of hydrogen-bond acceptors (Lipinski definition) is 3. The van der Waals surface area contributed by atoms with E-state index >= 15 is 0 Å². The van der Waals surface area contributed by atoms with Crippen molar-refractivity contribution in [1.29, 1.82) is 0 Å². The van der Waals surface area contributed by atoms with Gasteiger partial charge in [0.1, 0.15) is 5.60 Å². The van der Waals surface area contributed by atoms with Gasteiger partial charge in [-0.2, -0.15) is 0 Å². The van der Waals surface area contributed by atoms with Crippen molar-refractivity contribution < 1.29 is 9.53 Å². The number of carbonyl (C=O) groups is 1. The first-order valence-corrected chi connectivity index (χ1v) is 6.04. The summed E-state index contributed by atoms with van der Waals surface area (Å²) in [5.74, 6) is 0. The van der Waals surface area contributed by atoms with Gasteiger partial charge in [0.15, 0.2) is 0 Å². The summed E-state index contributed by atoms with van der Waals surface area (Å²) in [6.07, 6.45) is 2.55. The van der Waals surface area contributed by atoms with Crippen LogP contribution in [-0.2, 0) is 4.74 Å². The largest absolute Gasteiger partial charge is 0.444 e. The molecule has 6 heteroatoms. The lowest BCUT2D eigenvalue weighted by Crippen LogP contribution is -2.27. The fourth-order valence-corrected chi connectivity index (χ4v) is 1.89. The van der Waals surface area contributed by atoms with E-state index in [-0.39, 0.29) is 0 Å². The van der Waals surface area contributed by atoms with Gasteiger partial charge in [-0.05, 0) is 43.4 Å². The molecule has 0 saturated heterocycles. The third kappa shape index (κ3) is 4.13. The van der Waals surface area contributed by atoms with E-state index in [0.717, 1.165) is 3.57 Å². The molecular weight excluding hydrogens is 342 g/mol. The van der Waals surface area contributed by atoms with Gasteiger partial charge < -0.3 is 4.74 Å². The van der Waals surface area contributed by atoms with Gasteiger partial charge in [-0.3, -0.25) is 10.3 Å². The molecule has 1 aromatic rings. The number of rotatable bonds is 1. The molecule has 0 aliphatic rings. The molecule has 1 rings (SSSR count). The van der Waals surface area contributed by atoms with Crippen LogP contribution in [0.4, 0.5) is 10.5 Å². The van der Waals surface area contributed by atoms with Crippen molar-refractivity contribution in [3.63, 3.8) is 0 Å². The fourth-order valence-electron chi connectivity index (χ4n) is 0.936. The van der Waals surface area contributed by atoms with Gasteiger partial charge in [-0.15, -0.1) is 0 Å². The van der Waals surface area contributed by atoms with Crippen LogP contribution in [0.15, 0.2) is 12.4 Å². The number of carbonyl (C=O) groups excluding carboxylic acids is 1. The highest BCUT2D eigenvalue weighted by atomic mass is 127. The van der Waals surface area contributed by atoms with Crippen LogP contribution >= 0.6 is 34.2 Å². The number of anilines is 1. The molecule has 0 aliphatic carbocycles. The topological polar surface area (TPSA) is 51.2 Å². The van der Waals surface area contributed by atoms with Crippen molar-refractivity contribution in [2.45, 2.75) is 26.4 Å². The standard InChI is InChI=1S/C10H12ClIN2O2/c1-10(2,3)16-9(15)14-8-6(11)4-13-5-7(8)12/h4-5H,1-3H3,(H,13,14,15). The molecule has 0 aliphatic heterocycles. The number of hydrogen-bond donors (Lipinski definition) is 1. The summed E-state index contributed by atoms with van der Waals surface area (Å²) < 4.78 is 5.88. The highest BCUT2D eigenvalue weighted by Gasteiger charge is 2.18. The smallest absolute Gasteiger partial charge is 0.412 e. The second-order valence-corrected chi connectivity index (χ2v) is 5.67. The molecule has 0 radical (unpaired) electrons. The maximum absolute atomic E-state index is 11.5. The molecule has 16 heavy (non-hydrogen) atoms. The Balaban J connectivity index is 2.78. The Labute approximate surface area is 113 Å². The zero-order valence-electron chi connectivity index (χ0n) is 9.17. The number of ether oxygens (including phenoxy) is 1. The summed E-state index contributed by atoms with van der Waals surface area (Å²) in [4.78, 5) is 15.4. The van der Waals surface area contributed by atoms with Crippen LogP contribution in [-0.4, -0.2) is 16.7 Å². The van der Waals surface area contributed by atoms with Crippen molar-refractivity contribution in [2.24, 2.45) is 0 Å². The molecule has 0 spiro atoms. The zero-order valence-corrected chi connectivity index (χ0v) is 12.1. The minimum Gasteiger partial charge on any atom is -0.444 e. The SMILES string of the molecule is CC(C)(C)OC(=O)Nc1c(Cl)cncc1I. The van der Waals surface area contributed by atoms with Crippen LogP contribution < -0.4 is 5.32 Å². The highest BCUT2D eigenvalue weighted by molar-refractivity contribution is 14.1. The van der Waals surface area contributed by atoms with Gasteiger partial charge in [0.05, 0.1) is 14.3 Å². The number of pyridine rings is 1. The van der Waals surface area contributed by atoms with Crippen LogP contribution in [0.3, 0.4) is 0 Å². The summed E-state index contributed by atoms with van der Waals surface area (Å²) in [7, 11) is 0. The predicted molar refractivity (Wildman–Crippen MR) is 71.8 cm³/mol. The van der Waals surface area contributed by atoms with E-state index < -0.39 is 11.7 Å². The van der Waals surface area contributed by atoms with E-state index in [9.17, 15) is 4.79 Å². The van der Waals surface area contributed by atoms with E-state index in [2.05, 4.69) is 10.3 Å². The number of halogens is 2. The lowest BCUT2D eigenvalue weighted by atomic mass is 10.2. The monoisotopic (exact) mass is 354 g/mol. The normalized spacial score (nSPS) is 11.1. The summed E-state index contributed by atoms with van der Waals surface area (Å²) in [5, 5.41) is 2.98. The van der Waals surface area contributed by atoms with E-state index in [1.165, 1.54) is 6.20 Å². The van der Waals surface area contributed by atoms with E-state index in [1.54, 1.807) is 27.0 Å². The fraction of sp³-hybridized carbons (Fsp3) is 0.400. The molecule has 0 fully saturated rings. The average Bonchev–Trinajstić information content (AvgIpc) is 2.08. The minimum absolute atomic E-state index is 0.387. The molecule has 1 amide bonds. The molecule has 0 bridgehead atoms. The van der Waals surface area contributed by atoms with Crippen LogP contribution in [0.5, 0.6) is 0 Å². The van der Waals surface area contributed by atoms with Crippen molar-refractivity contribution in [1.82, 2.24) is 4.98 Å². The number of aromatic nitrogens is 1. The summed E-state index contributed by atoms with van der Waals surface area (Å²) in [6.45, 7) is 5.39. The zero-order chi connectivity index (χ0) is 12.3. The number of nitrogens with zero attached hydrogens (tertiary/aromatic N) is 1. The number of nitrogens with one attached hydrogen (secondary N) is 1. The van der Waals surface area contributed by atoms with E-state index in [1.807, 2.05) is 22.6 Å². The van der Waals surface area contributed by atoms with Crippen LogP contribution in [0.25, 0.3) is 0 Å². The molecule has 0 saturated carbocycles. The predicted octanol–water partition coefficient (Wildman–Crippen LogP) is 3.69. The van der Waals surface area contributed by atoms with Gasteiger partial charge >= 0.3 is 6.09 Å². The molecule has 4 nitrogen and oxygen atoms in total. The Morgan fingerprint density at radius 3 is 2.62 bits per heavy atom. The quantitative estimate of drug-likeness (QED) is 0.783. The molecular formula is C10H12ClIN2O2. The molecule has 0 aromatic carbocycles. The average molecular weight is 355 g/mol. The Morgan fingerprint density at radius 2 is 2.12 bits per heavy atom. The van der Waals surface area contributed by atoms with E-state index in [4.69, 9.17) is 16.3 Å². The van der Waals surface area contributed by atoms with Gasteiger partial charge in [-0.25, -0.2) is 4.79 Å². The Hall–Kier alpha value is -0.560. The third-order valence-corrected chi connectivity index (χ3v) is 2.58. The highest BCUT2D eigenvalue weighted by Crippen LogP contribution is 2.26. The van der Waals surface area contributed by atoms with Crippen molar-refractivity contribution in [3.05, 3.63) is 21.0 Å². The molecule has 88 valence electrons. The van der Waals surface area contributed by atoms with Crippen molar-refractivity contribution in [3.8, 4) is 0 Å². The Kier molecular flexibility index (Phi) is 4.37. The lowest BCUT2D eigenvalue weighted by Gasteiger charge is -2.20. The summed E-state index contributed by atoms with van der Waals surface area (Å²) in [5.41, 5.74) is -0.0128. The first-order chi connectivity index (χ1) is 7.29. The van der Waals surface area contributed by atoms with Gasteiger partial charge in [0.2, 0.25) is 0 Å². The molecule has 1 heterocycles. The minimum atomic E-state index is -0.533.